The molecule has 310 valence electrons. The van der Waals surface area contributed by atoms with E-state index in [9.17, 15) is 0 Å². The molecule has 0 aliphatic heterocycles. The summed E-state index contributed by atoms with van der Waals surface area (Å²) >= 11 is 0. The number of furan rings is 1. The van der Waals surface area contributed by atoms with Gasteiger partial charge in [0.1, 0.15) is 11.2 Å². The highest BCUT2D eigenvalue weighted by molar-refractivity contribution is 6.06. The van der Waals surface area contributed by atoms with Crippen LogP contribution in [-0.2, 0) is 5.41 Å². The van der Waals surface area contributed by atoms with Crippen molar-refractivity contribution in [3.63, 3.8) is 0 Å². The highest BCUT2D eigenvalue weighted by atomic mass is 16.3. The van der Waals surface area contributed by atoms with E-state index in [1.165, 1.54) is 87.4 Å². The Balaban J connectivity index is 0.874. The van der Waals surface area contributed by atoms with E-state index in [4.69, 9.17) is 14.4 Å². The number of aromatic nitrogens is 2. The molecule has 4 bridgehead atoms. The molecule has 3 nitrogen and oxygen atoms in total. The summed E-state index contributed by atoms with van der Waals surface area (Å²) in [7, 11) is 0. The Morgan fingerprint density at radius 1 is 0.369 bits per heavy atom. The fourth-order valence-corrected chi connectivity index (χ4v) is 13.3. The van der Waals surface area contributed by atoms with E-state index in [0.29, 0.717) is 11.8 Å². The summed E-state index contributed by atoms with van der Waals surface area (Å²) in [6.45, 7) is 0. The molecule has 0 radical (unpaired) electrons. The zero-order chi connectivity index (χ0) is 42.6. The van der Waals surface area contributed by atoms with Gasteiger partial charge in [-0.05, 0) is 148 Å². The summed E-state index contributed by atoms with van der Waals surface area (Å²) in [5.74, 6) is 3.89. The molecule has 3 heteroatoms. The number of rotatable bonds is 6. The Kier molecular flexibility index (Phi) is 8.17. The number of nitrogens with zero attached hydrogens (tertiary/aromatic N) is 2. The SMILES string of the molecule is c1ccc(-c2cc(-c3ccccc3)nc(-c3ccc(-c4cccc(-c5cccc6c5-c5cc(-c7ccc8oc9ccccc9c8c7)ccc5C65C6CC7CC(C6)CC5C7)c4)cc3)n2)cc1. The first-order chi connectivity index (χ1) is 32.1. The zero-order valence-corrected chi connectivity index (χ0v) is 36.1. The quantitative estimate of drug-likeness (QED) is 0.167. The third kappa shape index (κ3) is 5.74. The second kappa shape index (κ2) is 14.3. The van der Waals surface area contributed by atoms with Crippen molar-refractivity contribution in [1.29, 1.82) is 0 Å². The molecule has 65 heavy (non-hydrogen) atoms. The molecule has 4 saturated carbocycles. The van der Waals surface area contributed by atoms with Crippen molar-refractivity contribution < 1.29 is 4.42 Å². The first-order valence-electron chi connectivity index (χ1n) is 23.6. The highest BCUT2D eigenvalue weighted by Gasteiger charge is 2.61. The Hall–Kier alpha value is -7.36. The van der Waals surface area contributed by atoms with E-state index in [-0.39, 0.29) is 5.41 Å². The van der Waals surface area contributed by atoms with Crippen molar-refractivity contribution in [3.8, 4) is 78.4 Å². The topological polar surface area (TPSA) is 38.9 Å². The largest absolute Gasteiger partial charge is 0.456 e. The van der Waals surface area contributed by atoms with Gasteiger partial charge in [0.15, 0.2) is 5.82 Å². The van der Waals surface area contributed by atoms with Crippen LogP contribution in [0, 0.1) is 23.7 Å². The average molecular weight is 835 g/mol. The maximum absolute atomic E-state index is 6.26. The van der Waals surface area contributed by atoms with E-state index < -0.39 is 0 Å². The van der Waals surface area contributed by atoms with Crippen LogP contribution in [0.4, 0.5) is 0 Å². The van der Waals surface area contributed by atoms with Gasteiger partial charge in [-0.15, -0.1) is 0 Å². The maximum atomic E-state index is 6.26. The number of benzene rings is 8. The molecule has 4 fully saturated rings. The number of hydrogen-bond acceptors (Lipinski definition) is 3. The maximum Gasteiger partial charge on any atom is 0.160 e. The van der Waals surface area contributed by atoms with Gasteiger partial charge in [0, 0.05) is 32.9 Å². The molecule has 15 rings (SSSR count). The van der Waals surface area contributed by atoms with E-state index in [2.05, 4.69) is 182 Å². The van der Waals surface area contributed by atoms with Crippen LogP contribution in [0.3, 0.4) is 0 Å². The van der Waals surface area contributed by atoms with Crippen LogP contribution >= 0.6 is 0 Å². The average Bonchev–Trinajstić information content (AvgIpc) is 3.89. The van der Waals surface area contributed by atoms with E-state index in [1.54, 1.807) is 11.1 Å². The van der Waals surface area contributed by atoms with Gasteiger partial charge in [0.25, 0.3) is 0 Å². The smallest absolute Gasteiger partial charge is 0.160 e. The molecule has 5 aliphatic carbocycles. The minimum absolute atomic E-state index is 0.0744. The lowest BCUT2D eigenvalue weighted by Gasteiger charge is -2.61. The van der Waals surface area contributed by atoms with Gasteiger partial charge in [0.2, 0.25) is 0 Å². The second-order valence-corrected chi connectivity index (χ2v) is 19.3. The van der Waals surface area contributed by atoms with Gasteiger partial charge >= 0.3 is 0 Å². The van der Waals surface area contributed by atoms with E-state index >= 15 is 0 Å². The molecule has 2 heterocycles. The molecule has 10 aromatic rings. The Morgan fingerprint density at radius 3 is 1.68 bits per heavy atom. The summed E-state index contributed by atoms with van der Waals surface area (Å²) in [5, 5.41) is 2.34. The lowest BCUT2D eigenvalue weighted by Crippen LogP contribution is -2.55. The summed E-state index contributed by atoms with van der Waals surface area (Å²) in [6, 6.07) is 70.9. The van der Waals surface area contributed by atoms with Gasteiger partial charge in [0.05, 0.1) is 11.4 Å². The minimum Gasteiger partial charge on any atom is -0.456 e. The van der Waals surface area contributed by atoms with Crippen LogP contribution in [0.1, 0.15) is 43.2 Å². The van der Waals surface area contributed by atoms with Crippen molar-refractivity contribution in [2.75, 3.05) is 0 Å². The normalized spacial score (nSPS) is 21.3. The predicted octanol–water partition coefficient (Wildman–Crippen LogP) is 16.1. The molecule has 0 atom stereocenters. The Bertz CT molecular complexity index is 3410. The van der Waals surface area contributed by atoms with Crippen LogP contribution in [0.25, 0.3) is 100 Å². The van der Waals surface area contributed by atoms with Gasteiger partial charge < -0.3 is 4.42 Å². The summed E-state index contributed by atoms with van der Waals surface area (Å²) in [4.78, 5) is 10.2. The number of hydrogen-bond donors (Lipinski definition) is 0. The molecule has 0 amide bonds. The predicted molar refractivity (Wildman–Crippen MR) is 265 cm³/mol. The monoisotopic (exact) mass is 834 g/mol. The van der Waals surface area contributed by atoms with Gasteiger partial charge in [-0.1, -0.05) is 158 Å². The van der Waals surface area contributed by atoms with Gasteiger partial charge in [-0.25, -0.2) is 9.97 Å². The fraction of sp³-hybridized carbons (Fsp3) is 0.161. The molecule has 5 aliphatic rings. The molecular formula is C62H46N2O. The first kappa shape index (κ1) is 37.1. The van der Waals surface area contributed by atoms with Crippen LogP contribution in [-0.4, -0.2) is 9.97 Å². The van der Waals surface area contributed by atoms with Crippen LogP contribution in [0.2, 0.25) is 0 Å². The van der Waals surface area contributed by atoms with Crippen LogP contribution < -0.4 is 0 Å². The van der Waals surface area contributed by atoms with Crippen molar-refractivity contribution in [1.82, 2.24) is 9.97 Å². The lowest BCUT2D eigenvalue weighted by molar-refractivity contribution is -0.0399. The second-order valence-electron chi connectivity index (χ2n) is 19.3. The van der Waals surface area contributed by atoms with Crippen molar-refractivity contribution >= 4 is 21.9 Å². The fourth-order valence-electron chi connectivity index (χ4n) is 13.3. The van der Waals surface area contributed by atoms with Gasteiger partial charge in [-0.2, -0.15) is 0 Å². The molecule has 0 saturated heterocycles. The molecule has 8 aromatic carbocycles. The number of para-hydroxylation sites is 1. The van der Waals surface area contributed by atoms with Crippen LogP contribution in [0.15, 0.2) is 199 Å². The third-order valence-electron chi connectivity index (χ3n) is 15.9. The molecular weight excluding hydrogens is 789 g/mol. The summed E-state index contributed by atoms with van der Waals surface area (Å²) < 4.78 is 6.26. The minimum atomic E-state index is 0.0744. The summed E-state index contributed by atoms with van der Waals surface area (Å²) in [6.07, 6.45) is 6.90. The van der Waals surface area contributed by atoms with E-state index in [0.717, 1.165) is 56.9 Å². The Morgan fingerprint density at radius 2 is 0.938 bits per heavy atom. The third-order valence-corrected chi connectivity index (χ3v) is 15.9. The van der Waals surface area contributed by atoms with Crippen molar-refractivity contribution in [2.24, 2.45) is 23.7 Å². The van der Waals surface area contributed by atoms with Crippen molar-refractivity contribution in [3.05, 3.63) is 205 Å². The van der Waals surface area contributed by atoms with Gasteiger partial charge in [-0.3, -0.25) is 0 Å². The van der Waals surface area contributed by atoms with Crippen LogP contribution in [0.5, 0.6) is 0 Å². The molecule has 0 unspecified atom stereocenters. The highest BCUT2D eigenvalue weighted by Crippen LogP contribution is 2.70. The van der Waals surface area contributed by atoms with E-state index in [1.807, 2.05) is 12.1 Å². The Labute approximate surface area is 379 Å². The molecule has 2 aromatic heterocycles. The molecule has 0 N–H and O–H groups in total. The standard InChI is InChI=1S/C62H46N2O/c1-3-11-41(12-4-1)56-37-57(42-13-5-2-6-14-42)64-61(63-56)43-23-21-40(22-24-43)44-15-9-16-47(34-44)50-18-10-19-55-60(50)53-36-45(46-26-28-59-52(35-46)51-17-7-8-20-58(51)65-59)25-27-54(53)62(55)48-30-38-29-39(32-48)33-49(62)31-38/h1-28,34-39,48-49H,29-33H2. The number of fused-ring (bicyclic) bond motifs is 6. The summed E-state index contributed by atoms with van der Waals surface area (Å²) in [5.41, 5.74) is 20.4. The molecule has 1 spiro atoms. The first-order valence-corrected chi connectivity index (χ1v) is 23.6. The zero-order valence-electron chi connectivity index (χ0n) is 36.1. The van der Waals surface area contributed by atoms with Crippen molar-refractivity contribution in [2.45, 2.75) is 37.5 Å². The lowest BCUT2D eigenvalue weighted by atomic mass is 9.43.